The number of hydrogen-bond acceptors (Lipinski definition) is 5. The molecule has 4 nitrogen and oxygen atoms in total. The number of carbonyl (C=O) groups is 1. The first-order valence-electron chi connectivity index (χ1n) is 8.08. The molecule has 0 saturated heterocycles. The van der Waals surface area contributed by atoms with E-state index in [2.05, 4.69) is 29.4 Å². The van der Waals surface area contributed by atoms with Crippen LogP contribution in [0.15, 0.2) is 57.2 Å². The number of benzene rings is 2. The van der Waals surface area contributed by atoms with Gasteiger partial charge in [-0.1, -0.05) is 11.3 Å². The zero-order valence-electron chi connectivity index (χ0n) is 14.9. The molecular weight excluding hydrogens is 384 g/mol. The predicted molar refractivity (Wildman–Crippen MR) is 111 cm³/mol. The van der Waals surface area contributed by atoms with Crippen molar-refractivity contribution in [3.05, 3.63) is 47.3 Å². The van der Waals surface area contributed by atoms with Crippen LogP contribution in [-0.2, 0) is 11.8 Å². The van der Waals surface area contributed by atoms with Gasteiger partial charge in [-0.2, -0.15) is 4.99 Å². The molecule has 0 aliphatic rings. The van der Waals surface area contributed by atoms with Crippen LogP contribution in [0.1, 0.15) is 6.42 Å². The van der Waals surface area contributed by atoms with E-state index in [1.54, 1.807) is 42.0 Å². The lowest BCUT2D eigenvalue weighted by molar-refractivity contribution is -0.117. The second-order valence-electron chi connectivity index (χ2n) is 5.56. The Morgan fingerprint density at radius 2 is 1.92 bits per heavy atom. The minimum Gasteiger partial charge on any atom is -0.497 e. The molecule has 0 fully saturated rings. The molecule has 1 heterocycles. The summed E-state index contributed by atoms with van der Waals surface area (Å²) in [4.78, 5) is 19.6. The number of aryl methyl sites for hydroxylation is 1. The maximum absolute atomic E-state index is 12.2. The third-order valence-corrected chi connectivity index (χ3v) is 6.71. The SMILES string of the molecule is COc1ccc(SCCC(=O)N=c2sc3cc(SC)ccc3n2C)cc1. The van der Waals surface area contributed by atoms with Gasteiger partial charge in [0.15, 0.2) is 4.80 Å². The summed E-state index contributed by atoms with van der Waals surface area (Å²) in [5.41, 5.74) is 1.10. The van der Waals surface area contributed by atoms with Gasteiger partial charge in [-0.05, 0) is 48.7 Å². The van der Waals surface area contributed by atoms with Crippen LogP contribution in [0.3, 0.4) is 0 Å². The van der Waals surface area contributed by atoms with Crippen LogP contribution in [0, 0.1) is 0 Å². The first kappa shape index (κ1) is 19.1. The topological polar surface area (TPSA) is 43.6 Å². The molecule has 0 bridgehead atoms. The van der Waals surface area contributed by atoms with Crippen LogP contribution in [0.5, 0.6) is 5.75 Å². The molecule has 0 saturated carbocycles. The minimum atomic E-state index is -0.0849. The fourth-order valence-corrected chi connectivity index (χ4v) is 4.87. The van der Waals surface area contributed by atoms with E-state index in [4.69, 9.17) is 4.74 Å². The van der Waals surface area contributed by atoms with E-state index < -0.39 is 0 Å². The number of methoxy groups -OCH3 is 1. The Morgan fingerprint density at radius 3 is 2.62 bits per heavy atom. The van der Waals surface area contributed by atoms with Crippen molar-refractivity contribution in [1.29, 1.82) is 0 Å². The molecule has 0 unspecified atom stereocenters. The summed E-state index contributed by atoms with van der Waals surface area (Å²) in [5, 5.41) is 0. The second-order valence-corrected chi connectivity index (χ2v) is 8.61. The molecule has 1 amide bonds. The van der Waals surface area contributed by atoms with Crippen molar-refractivity contribution >= 4 is 51.0 Å². The maximum atomic E-state index is 12.2. The van der Waals surface area contributed by atoms with Gasteiger partial charge in [0.2, 0.25) is 5.91 Å². The number of thiazole rings is 1. The average molecular weight is 405 g/mol. The fourth-order valence-electron chi connectivity index (χ4n) is 2.44. The van der Waals surface area contributed by atoms with Crippen molar-refractivity contribution < 1.29 is 9.53 Å². The molecular formula is C19H20N2O2S3. The number of thioether (sulfide) groups is 2. The molecule has 0 atom stereocenters. The molecule has 0 N–H and O–H groups in total. The Kier molecular flexibility index (Phi) is 6.45. The van der Waals surface area contributed by atoms with E-state index in [1.807, 2.05) is 35.9 Å². The van der Waals surface area contributed by atoms with Gasteiger partial charge in [0.25, 0.3) is 0 Å². The Labute approximate surface area is 165 Å². The van der Waals surface area contributed by atoms with Crippen molar-refractivity contribution in [2.75, 3.05) is 19.1 Å². The number of ether oxygens (including phenoxy) is 1. The lowest BCUT2D eigenvalue weighted by Crippen LogP contribution is -2.13. The van der Waals surface area contributed by atoms with Gasteiger partial charge in [-0.25, -0.2) is 0 Å². The standard InChI is InChI=1S/C19H20N2O2S3/c1-21-16-9-8-15(24-3)12-17(16)26-19(21)20-18(22)10-11-25-14-6-4-13(23-2)5-7-14/h4-9,12H,10-11H2,1-3H3. The van der Waals surface area contributed by atoms with Gasteiger partial charge in [-0.3, -0.25) is 4.79 Å². The molecule has 1 aromatic heterocycles. The molecule has 0 aliphatic heterocycles. The molecule has 3 aromatic rings. The molecule has 2 aromatic carbocycles. The van der Waals surface area contributed by atoms with E-state index in [1.165, 1.54) is 4.90 Å². The van der Waals surface area contributed by atoms with Gasteiger partial charge in [0, 0.05) is 29.0 Å². The van der Waals surface area contributed by atoms with Crippen molar-refractivity contribution in [3.8, 4) is 5.75 Å². The van der Waals surface area contributed by atoms with Crippen LogP contribution in [0.2, 0.25) is 0 Å². The fraction of sp³-hybridized carbons (Fsp3) is 0.263. The number of aromatic nitrogens is 1. The molecule has 0 radical (unpaired) electrons. The molecule has 136 valence electrons. The largest absolute Gasteiger partial charge is 0.497 e. The van der Waals surface area contributed by atoms with Gasteiger partial charge in [0.1, 0.15) is 5.75 Å². The number of hydrogen-bond donors (Lipinski definition) is 0. The van der Waals surface area contributed by atoms with E-state index in [9.17, 15) is 4.79 Å². The number of amides is 1. The summed E-state index contributed by atoms with van der Waals surface area (Å²) in [5.74, 6) is 1.46. The zero-order valence-corrected chi connectivity index (χ0v) is 17.3. The quantitative estimate of drug-likeness (QED) is 0.564. The molecule has 3 rings (SSSR count). The van der Waals surface area contributed by atoms with E-state index in [0.717, 1.165) is 25.7 Å². The van der Waals surface area contributed by atoms with Crippen molar-refractivity contribution in [1.82, 2.24) is 4.57 Å². The first-order valence-corrected chi connectivity index (χ1v) is 11.1. The molecule has 7 heteroatoms. The number of carbonyl (C=O) groups excluding carboxylic acids is 1. The van der Waals surface area contributed by atoms with E-state index >= 15 is 0 Å². The summed E-state index contributed by atoms with van der Waals surface area (Å²) in [6.07, 6.45) is 2.48. The number of rotatable bonds is 6. The van der Waals surface area contributed by atoms with Crippen molar-refractivity contribution in [3.63, 3.8) is 0 Å². The highest BCUT2D eigenvalue weighted by molar-refractivity contribution is 7.99. The Balaban J connectivity index is 1.66. The Hall–Kier alpha value is -1.70. The average Bonchev–Trinajstić information content (AvgIpc) is 2.97. The number of nitrogens with zero attached hydrogens (tertiary/aromatic N) is 2. The summed E-state index contributed by atoms with van der Waals surface area (Å²) >= 11 is 4.92. The van der Waals surface area contributed by atoms with Crippen LogP contribution < -0.4 is 9.54 Å². The highest BCUT2D eigenvalue weighted by atomic mass is 32.2. The maximum Gasteiger partial charge on any atom is 0.249 e. The van der Waals surface area contributed by atoms with Gasteiger partial charge >= 0.3 is 0 Å². The highest BCUT2D eigenvalue weighted by Crippen LogP contribution is 2.24. The Bertz CT molecular complexity index is 975. The zero-order chi connectivity index (χ0) is 18.5. The van der Waals surface area contributed by atoms with Crippen molar-refractivity contribution in [2.24, 2.45) is 12.0 Å². The van der Waals surface area contributed by atoms with Gasteiger partial charge < -0.3 is 9.30 Å². The lowest BCUT2D eigenvalue weighted by atomic mass is 10.3. The minimum absolute atomic E-state index is 0.0849. The van der Waals surface area contributed by atoms with E-state index in [-0.39, 0.29) is 5.91 Å². The third-order valence-electron chi connectivity index (χ3n) is 3.88. The summed E-state index contributed by atoms with van der Waals surface area (Å²) < 4.78 is 8.28. The molecule has 0 aliphatic carbocycles. The molecule has 0 spiro atoms. The first-order chi connectivity index (χ1) is 12.6. The van der Waals surface area contributed by atoms with Crippen LogP contribution >= 0.6 is 34.9 Å². The highest BCUT2D eigenvalue weighted by Gasteiger charge is 2.06. The van der Waals surface area contributed by atoms with Gasteiger partial charge in [0.05, 0.1) is 17.3 Å². The monoisotopic (exact) mass is 404 g/mol. The van der Waals surface area contributed by atoms with Crippen molar-refractivity contribution in [2.45, 2.75) is 16.2 Å². The summed E-state index contributed by atoms with van der Waals surface area (Å²) in [7, 11) is 3.61. The third kappa shape index (κ3) is 4.52. The smallest absolute Gasteiger partial charge is 0.249 e. The second kappa shape index (κ2) is 8.79. The van der Waals surface area contributed by atoms with Gasteiger partial charge in [-0.15, -0.1) is 23.5 Å². The summed E-state index contributed by atoms with van der Waals surface area (Å²) in [6.45, 7) is 0. The lowest BCUT2D eigenvalue weighted by Gasteiger charge is -2.02. The van der Waals surface area contributed by atoms with E-state index in [0.29, 0.717) is 12.2 Å². The van der Waals surface area contributed by atoms with Crippen LogP contribution in [0.4, 0.5) is 0 Å². The Morgan fingerprint density at radius 1 is 1.19 bits per heavy atom. The normalized spacial score (nSPS) is 11.9. The molecule has 26 heavy (non-hydrogen) atoms. The van der Waals surface area contributed by atoms with Crippen LogP contribution in [-0.4, -0.2) is 29.6 Å². The van der Waals surface area contributed by atoms with Crippen LogP contribution in [0.25, 0.3) is 10.2 Å². The number of fused-ring (bicyclic) bond motifs is 1. The summed E-state index contributed by atoms with van der Waals surface area (Å²) in [6, 6.07) is 14.2. The predicted octanol–water partition coefficient (Wildman–Crippen LogP) is 4.58.